The standard InChI is InChI=1S/C27H25N5O2S/c1-34-16-7-5-14(6-8-16)20-17(13-28)25-30-24(29)23-21-15-9-11-31(12-10-15)26(21)35-27(23)32(25)18-3-2-4-19(33)22(18)20/h5-8,15,20H,2-4,9-12H2,1H3,(H2,29,30)/t20-/m1/s1. The molecule has 2 N–H and O–H groups in total. The number of ketones is 1. The molecule has 0 spiro atoms. The number of amidine groups is 1. The zero-order valence-corrected chi connectivity index (χ0v) is 20.3. The lowest BCUT2D eigenvalue weighted by Gasteiger charge is -2.41. The molecule has 8 heteroatoms. The van der Waals surface area contributed by atoms with E-state index in [9.17, 15) is 10.1 Å². The Morgan fingerprint density at radius 3 is 2.66 bits per heavy atom. The van der Waals surface area contributed by atoms with Crippen LogP contribution in [-0.4, -0.2) is 31.8 Å². The third kappa shape index (κ3) is 2.76. The average Bonchev–Trinajstić information content (AvgIpc) is 3.32. The number of aliphatic imine (C=N–C) groups is 1. The summed E-state index contributed by atoms with van der Waals surface area (Å²) in [5.74, 6) is 1.97. The van der Waals surface area contributed by atoms with Crippen LogP contribution in [0.3, 0.4) is 0 Å². The normalized spacial score (nSPS) is 22.9. The van der Waals surface area contributed by atoms with Crippen LogP contribution >= 0.6 is 11.3 Å². The monoisotopic (exact) mass is 483 g/mol. The summed E-state index contributed by atoms with van der Waals surface area (Å²) in [7, 11) is 1.63. The molecule has 6 heterocycles. The fourth-order valence-electron chi connectivity index (χ4n) is 6.48. The van der Waals surface area contributed by atoms with Gasteiger partial charge in [0.05, 0.1) is 35.2 Å². The van der Waals surface area contributed by atoms with Gasteiger partial charge in [-0.15, -0.1) is 0 Å². The molecule has 7 nitrogen and oxygen atoms in total. The van der Waals surface area contributed by atoms with Crippen molar-refractivity contribution in [3.63, 3.8) is 0 Å². The number of carbonyl (C=O) groups is 1. The van der Waals surface area contributed by atoms with Gasteiger partial charge >= 0.3 is 0 Å². The Morgan fingerprint density at radius 1 is 1.17 bits per heavy atom. The molecule has 35 heavy (non-hydrogen) atoms. The molecule has 8 rings (SSSR count). The van der Waals surface area contributed by atoms with Gasteiger partial charge in [-0.3, -0.25) is 9.69 Å². The van der Waals surface area contributed by atoms with Crippen LogP contribution in [0.5, 0.6) is 5.75 Å². The lowest BCUT2D eigenvalue weighted by molar-refractivity contribution is -0.116. The number of allylic oxidation sites excluding steroid dienone is 3. The summed E-state index contributed by atoms with van der Waals surface area (Å²) >= 11 is 1.75. The van der Waals surface area contributed by atoms with Crippen LogP contribution in [0.15, 0.2) is 51.9 Å². The fraction of sp³-hybridized carbons (Fsp3) is 0.370. The summed E-state index contributed by atoms with van der Waals surface area (Å²) in [4.78, 5) is 22.9. The molecule has 1 fully saturated rings. The van der Waals surface area contributed by atoms with Gasteiger partial charge in [-0.2, -0.15) is 5.26 Å². The van der Waals surface area contributed by atoms with Crippen molar-refractivity contribution in [3.8, 4) is 11.8 Å². The topological polar surface area (TPSA) is 94.9 Å². The number of piperidine rings is 1. The van der Waals surface area contributed by atoms with Crippen molar-refractivity contribution in [3.05, 3.63) is 63.6 Å². The molecule has 1 atom stereocenters. The Morgan fingerprint density at radius 2 is 1.94 bits per heavy atom. The van der Waals surface area contributed by atoms with Crippen molar-refractivity contribution in [1.82, 2.24) is 0 Å². The number of rotatable bonds is 2. The van der Waals surface area contributed by atoms with Crippen LogP contribution in [0.2, 0.25) is 0 Å². The predicted octanol–water partition coefficient (Wildman–Crippen LogP) is 4.52. The minimum absolute atomic E-state index is 0.119. The van der Waals surface area contributed by atoms with Gasteiger partial charge in [0, 0.05) is 36.3 Å². The Hall–Kier alpha value is -3.57. The summed E-state index contributed by atoms with van der Waals surface area (Å²) in [6.45, 7) is 2.15. The molecule has 1 aliphatic carbocycles. The number of nitrogens with two attached hydrogens (primary N) is 1. The number of hydrogen-bond donors (Lipinski definition) is 1. The van der Waals surface area contributed by atoms with Crippen LogP contribution < -0.4 is 20.3 Å². The Kier molecular flexibility index (Phi) is 4.43. The van der Waals surface area contributed by atoms with Gasteiger partial charge in [0.1, 0.15) is 16.6 Å². The number of benzene rings is 1. The van der Waals surface area contributed by atoms with Gasteiger partial charge in [0.15, 0.2) is 11.6 Å². The number of Topliss-reactive ketones (excluding diaryl/α,β-unsaturated/α-hetero) is 1. The van der Waals surface area contributed by atoms with Gasteiger partial charge in [-0.05, 0) is 49.3 Å². The van der Waals surface area contributed by atoms with E-state index in [4.69, 9.17) is 15.5 Å². The molecule has 176 valence electrons. The second-order valence-electron chi connectivity index (χ2n) is 9.79. The molecule has 0 saturated carbocycles. The summed E-state index contributed by atoms with van der Waals surface area (Å²) < 4.78 is 5.33. The third-order valence-electron chi connectivity index (χ3n) is 8.08. The van der Waals surface area contributed by atoms with Crippen LogP contribution in [0.25, 0.3) is 0 Å². The zero-order valence-electron chi connectivity index (χ0n) is 19.5. The van der Waals surface area contributed by atoms with Gasteiger partial charge in [-0.25, -0.2) is 4.99 Å². The summed E-state index contributed by atoms with van der Waals surface area (Å²) in [6.07, 6.45) is 4.36. The highest BCUT2D eigenvalue weighted by molar-refractivity contribution is 7.21. The summed E-state index contributed by atoms with van der Waals surface area (Å²) in [6, 6.07) is 10.1. The van der Waals surface area contributed by atoms with Crippen LogP contribution in [-0.2, 0) is 4.79 Å². The van der Waals surface area contributed by atoms with Crippen molar-refractivity contribution >= 4 is 33.0 Å². The first kappa shape index (κ1) is 20.8. The number of ether oxygens (including phenoxy) is 1. The maximum atomic E-state index is 13.4. The lowest BCUT2D eigenvalue weighted by Crippen LogP contribution is -2.40. The Bertz CT molecular complexity index is 1420. The number of fused-ring (bicyclic) bond motifs is 6. The number of thiophene rings is 1. The smallest absolute Gasteiger partial charge is 0.161 e. The molecule has 2 aromatic rings. The number of anilines is 2. The van der Waals surface area contributed by atoms with E-state index < -0.39 is 5.92 Å². The van der Waals surface area contributed by atoms with Crippen molar-refractivity contribution in [2.24, 2.45) is 10.7 Å². The van der Waals surface area contributed by atoms with E-state index >= 15 is 0 Å². The van der Waals surface area contributed by atoms with Crippen LogP contribution in [0, 0.1) is 11.3 Å². The first-order chi connectivity index (χ1) is 17.1. The maximum absolute atomic E-state index is 13.4. The number of nitrogens with zero attached hydrogens (tertiary/aromatic N) is 4. The zero-order chi connectivity index (χ0) is 23.8. The fourth-order valence-corrected chi connectivity index (χ4v) is 7.96. The molecule has 1 aromatic carbocycles. The van der Waals surface area contributed by atoms with Crippen molar-refractivity contribution in [1.29, 1.82) is 5.26 Å². The molecule has 5 aliphatic heterocycles. The molecule has 6 aliphatic rings. The predicted molar refractivity (Wildman–Crippen MR) is 136 cm³/mol. The molecular weight excluding hydrogens is 458 g/mol. The van der Waals surface area contributed by atoms with E-state index in [1.54, 1.807) is 18.4 Å². The van der Waals surface area contributed by atoms with E-state index in [1.165, 1.54) is 10.6 Å². The van der Waals surface area contributed by atoms with Gasteiger partial charge < -0.3 is 15.4 Å². The molecule has 1 aromatic heterocycles. The number of carbonyl (C=O) groups excluding carboxylic acids is 1. The number of methoxy groups -OCH3 is 1. The first-order valence-electron chi connectivity index (χ1n) is 12.2. The SMILES string of the molecule is COc1ccc([C@@H]2C(C#N)=C3N=C(N)c4c(sc5c4C4CCN5CC4)N3C3=C2C(=O)CCC3)cc1. The molecule has 2 bridgehead atoms. The quantitative estimate of drug-likeness (QED) is 0.675. The molecule has 1 saturated heterocycles. The average molecular weight is 484 g/mol. The Balaban J connectivity index is 1.48. The van der Waals surface area contributed by atoms with Crippen LogP contribution in [0.4, 0.5) is 10.0 Å². The van der Waals surface area contributed by atoms with Gasteiger partial charge in [0.25, 0.3) is 0 Å². The van der Waals surface area contributed by atoms with E-state index in [0.717, 1.165) is 71.9 Å². The first-order valence-corrected chi connectivity index (χ1v) is 13.0. The highest BCUT2D eigenvalue weighted by Gasteiger charge is 2.46. The molecule has 0 amide bonds. The van der Waals surface area contributed by atoms with Gasteiger partial charge in [-0.1, -0.05) is 23.5 Å². The van der Waals surface area contributed by atoms with Crippen molar-refractivity contribution in [2.75, 3.05) is 30.0 Å². The second kappa shape index (κ2) is 7.46. The largest absolute Gasteiger partial charge is 0.497 e. The summed E-state index contributed by atoms with van der Waals surface area (Å²) in [5.41, 5.74) is 12.1. The lowest BCUT2D eigenvalue weighted by atomic mass is 9.75. The van der Waals surface area contributed by atoms with E-state index in [-0.39, 0.29) is 5.78 Å². The van der Waals surface area contributed by atoms with Crippen molar-refractivity contribution in [2.45, 2.75) is 43.9 Å². The number of nitriles is 1. The van der Waals surface area contributed by atoms with E-state index in [1.807, 2.05) is 24.3 Å². The van der Waals surface area contributed by atoms with E-state index in [0.29, 0.717) is 29.6 Å². The second-order valence-corrected chi connectivity index (χ2v) is 10.8. The minimum atomic E-state index is -0.451. The summed E-state index contributed by atoms with van der Waals surface area (Å²) in [5, 5.41) is 12.7. The van der Waals surface area contributed by atoms with E-state index in [2.05, 4.69) is 15.9 Å². The number of hydrogen-bond acceptors (Lipinski definition) is 8. The van der Waals surface area contributed by atoms with Crippen LogP contribution in [0.1, 0.15) is 60.6 Å². The third-order valence-corrected chi connectivity index (χ3v) is 9.33. The van der Waals surface area contributed by atoms with Crippen molar-refractivity contribution < 1.29 is 9.53 Å². The molecule has 0 radical (unpaired) electrons. The molecule has 0 unspecified atom stereocenters. The highest BCUT2D eigenvalue weighted by Crippen LogP contribution is 2.57. The maximum Gasteiger partial charge on any atom is 0.161 e. The minimum Gasteiger partial charge on any atom is -0.497 e. The van der Waals surface area contributed by atoms with Gasteiger partial charge in [0.2, 0.25) is 0 Å². The molecular formula is C27H25N5O2S. The Labute approximate surface area is 207 Å². The highest BCUT2D eigenvalue weighted by atomic mass is 32.1.